The Morgan fingerprint density at radius 1 is 1.24 bits per heavy atom. The lowest BCUT2D eigenvalue weighted by Crippen LogP contribution is -2.30. The second kappa shape index (κ2) is 8.06. The summed E-state index contributed by atoms with van der Waals surface area (Å²) >= 11 is 1.34. The predicted octanol–water partition coefficient (Wildman–Crippen LogP) is 2.29. The number of rotatable bonds is 7. The zero-order valence-electron chi connectivity index (χ0n) is 13.2. The Morgan fingerprint density at radius 3 is 2.64 bits per heavy atom. The summed E-state index contributed by atoms with van der Waals surface area (Å²) in [7, 11) is 0. The Morgan fingerprint density at radius 2 is 1.96 bits per heavy atom. The number of benzene rings is 2. The lowest BCUT2D eigenvalue weighted by Gasteiger charge is -2.15. The second-order valence-corrected chi connectivity index (χ2v) is 6.34. The standard InChI is InChI=1S/C16H17FN6OS/c17-13-5-1-11(2-6-13)10-23-21-16(20-22-23)12-3-7-14(8-4-12)25-19-9-15(18)24/h1-8,16,19,21H,9-10H2,(H2,18,24). The van der Waals surface area contributed by atoms with Gasteiger partial charge < -0.3 is 5.73 Å². The van der Waals surface area contributed by atoms with Crippen LogP contribution in [0.5, 0.6) is 0 Å². The first-order chi connectivity index (χ1) is 12.1. The number of hydrazine groups is 1. The fraction of sp³-hybridized carbons (Fsp3) is 0.188. The van der Waals surface area contributed by atoms with Crippen LogP contribution in [-0.4, -0.2) is 17.6 Å². The topological polar surface area (TPSA) is 95.1 Å². The number of amides is 1. The molecule has 1 aliphatic rings. The largest absolute Gasteiger partial charge is 0.369 e. The van der Waals surface area contributed by atoms with Crippen LogP contribution in [0.4, 0.5) is 4.39 Å². The average Bonchev–Trinajstić information content (AvgIpc) is 3.06. The lowest BCUT2D eigenvalue weighted by molar-refractivity contribution is -0.116. The number of nitrogens with one attached hydrogen (secondary N) is 2. The third-order valence-electron chi connectivity index (χ3n) is 3.42. The van der Waals surface area contributed by atoms with Gasteiger partial charge in [-0.3, -0.25) is 9.52 Å². The van der Waals surface area contributed by atoms with Crippen molar-refractivity contribution in [1.82, 2.24) is 15.3 Å². The van der Waals surface area contributed by atoms with Crippen molar-refractivity contribution in [1.29, 1.82) is 0 Å². The molecule has 0 fully saturated rings. The van der Waals surface area contributed by atoms with Gasteiger partial charge in [0.25, 0.3) is 0 Å². The Labute approximate surface area is 148 Å². The molecule has 0 saturated heterocycles. The molecule has 1 heterocycles. The normalized spacial score (nSPS) is 16.4. The van der Waals surface area contributed by atoms with Gasteiger partial charge in [0, 0.05) is 4.90 Å². The maximum Gasteiger partial charge on any atom is 0.232 e. The SMILES string of the molecule is NC(=O)CNSc1ccc(C2N=NN(Cc3ccc(F)cc3)N2)cc1. The molecule has 0 saturated carbocycles. The zero-order chi connectivity index (χ0) is 17.6. The molecular formula is C16H17FN6OS. The maximum atomic E-state index is 12.9. The minimum absolute atomic E-state index is 0.114. The summed E-state index contributed by atoms with van der Waals surface area (Å²) in [4.78, 5) is 11.6. The Kier molecular flexibility index (Phi) is 5.59. The van der Waals surface area contributed by atoms with Crippen LogP contribution >= 0.6 is 11.9 Å². The minimum atomic E-state index is -0.402. The molecular weight excluding hydrogens is 343 g/mol. The highest BCUT2D eigenvalue weighted by molar-refractivity contribution is 7.97. The summed E-state index contributed by atoms with van der Waals surface area (Å²) in [6.45, 7) is 0.606. The zero-order valence-corrected chi connectivity index (χ0v) is 14.0. The van der Waals surface area contributed by atoms with Crippen molar-refractivity contribution in [3.05, 3.63) is 65.5 Å². The third-order valence-corrected chi connectivity index (χ3v) is 4.22. The number of carbonyl (C=O) groups is 1. The van der Waals surface area contributed by atoms with Gasteiger partial charge in [0.1, 0.15) is 5.82 Å². The van der Waals surface area contributed by atoms with Crippen molar-refractivity contribution >= 4 is 17.9 Å². The van der Waals surface area contributed by atoms with Crippen LogP contribution in [-0.2, 0) is 11.3 Å². The molecule has 2 aromatic carbocycles. The molecule has 1 amide bonds. The van der Waals surface area contributed by atoms with E-state index in [0.717, 1.165) is 16.0 Å². The smallest absolute Gasteiger partial charge is 0.232 e. The number of halogens is 1. The van der Waals surface area contributed by atoms with Crippen LogP contribution in [0.15, 0.2) is 63.8 Å². The van der Waals surface area contributed by atoms with E-state index in [-0.39, 0.29) is 18.5 Å². The van der Waals surface area contributed by atoms with E-state index < -0.39 is 5.91 Å². The Balaban J connectivity index is 1.52. The van der Waals surface area contributed by atoms with E-state index in [1.807, 2.05) is 24.3 Å². The second-order valence-electron chi connectivity index (χ2n) is 5.38. The molecule has 2 aromatic rings. The highest BCUT2D eigenvalue weighted by Gasteiger charge is 2.20. The van der Waals surface area contributed by atoms with E-state index in [9.17, 15) is 9.18 Å². The van der Waals surface area contributed by atoms with Gasteiger partial charge in [-0.05, 0) is 47.3 Å². The van der Waals surface area contributed by atoms with Crippen LogP contribution in [0.25, 0.3) is 0 Å². The molecule has 0 spiro atoms. The maximum absolute atomic E-state index is 12.9. The van der Waals surface area contributed by atoms with Crippen molar-refractivity contribution in [3.8, 4) is 0 Å². The molecule has 25 heavy (non-hydrogen) atoms. The van der Waals surface area contributed by atoms with Gasteiger partial charge in [0.2, 0.25) is 5.91 Å². The van der Waals surface area contributed by atoms with E-state index >= 15 is 0 Å². The van der Waals surface area contributed by atoms with Gasteiger partial charge in [-0.2, -0.15) is 5.43 Å². The van der Waals surface area contributed by atoms with Crippen LogP contribution < -0.4 is 15.9 Å². The molecule has 9 heteroatoms. The van der Waals surface area contributed by atoms with Crippen molar-refractivity contribution in [2.45, 2.75) is 17.6 Å². The fourth-order valence-electron chi connectivity index (χ4n) is 2.20. The summed E-state index contributed by atoms with van der Waals surface area (Å²) in [5.41, 5.74) is 10.1. The minimum Gasteiger partial charge on any atom is -0.369 e. The van der Waals surface area contributed by atoms with E-state index in [2.05, 4.69) is 20.5 Å². The van der Waals surface area contributed by atoms with Crippen LogP contribution in [0, 0.1) is 5.82 Å². The van der Waals surface area contributed by atoms with Gasteiger partial charge in [-0.1, -0.05) is 29.5 Å². The molecule has 0 radical (unpaired) electrons. The third kappa shape index (κ3) is 4.99. The van der Waals surface area contributed by atoms with Crippen LogP contribution in [0.3, 0.4) is 0 Å². The first kappa shape index (κ1) is 17.3. The first-order valence-electron chi connectivity index (χ1n) is 7.57. The van der Waals surface area contributed by atoms with Crippen LogP contribution in [0.2, 0.25) is 0 Å². The monoisotopic (exact) mass is 360 g/mol. The molecule has 0 aliphatic carbocycles. The number of nitrogens with two attached hydrogens (primary N) is 1. The molecule has 4 N–H and O–H groups in total. The van der Waals surface area contributed by atoms with Gasteiger partial charge >= 0.3 is 0 Å². The highest BCUT2D eigenvalue weighted by Crippen LogP contribution is 2.24. The van der Waals surface area contributed by atoms with Crippen molar-refractivity contribution in [2.75, 3.05) is 6.54 Å². The van der Waals surface area contributed by atoms with E-state index in [1.165, 1.54) is 24.1 Å². The first-order valence-corrected chi connectivity index (χ1v) is 8.39. The van der Waals surface area contributed by atoms with Crippen LogP contribution in [0.1, 0.15) is 17.3 Å². The number of carbonyl (C=O) groups excluding carboxylic acids is 1. The number of hydrogen-bond acceptors (Lipinski definition) is 7. The van der Waals surface area contributed by atoms with Gasteiger partial charge in [-0.15, -0.1) is 5.11 Å². The summed E-state index contributed by atoms with van der Waals surface area (Å²) in [5.74, 6) is -0.665. The molecule has 0 aromatic heterocycles. The summed E-state index contributed by atoms with van der Waals surface area (Å²) in [5, 5.41) is 9.91. The molecule has 1 aliphatic heterocycles. The van der Waals surface area contributed by atoms with Crippen molar-refractivity contribution in [2.24, 2.45) is 16.1 Å². The summed E-state index contributed by atoms with van der Waals surface area (Å²) in [6.07, 6.45) is -0.266. The molecule has 130 valence electrons. The van der Waals surface area contributed by atoms with E-state index in [1.54, 1.807) is 17.3 Å². The predicted molar refractivity (Wildman–Crippen MR) is 92.2 cm³/mol. The molecule has 1 atom stereocenters. The number of hydrogen-bond donors (Lipinski definition) is 3. The highest BCUT2D eigenvalue weighted by atomic mass is 32.2. The molecule has 3 rings (SSSR count). The van der Waals surface area contributed by atoms with Crippen molar-refractivity contribution < 1.29 is 9.18 Å². The average molecular weight is 360 g/mol. The van der Waals surface area contributed by atoms with E-state index in [0.29, 0.717) is 6.54 Å². The van der Waals surface area contributed by atoms with Crippen molar-refractivity contribution in [3.63, 3.8) is 0 Å². The number of nitrogens with zero attached hydrogens (tertiary/aromatic N) is 3. The summed E-state index contributed by atoms with van der Waals surface area (Å²) in [6, 6.07) is 14.0. The molecule has 1 unspecified atom stereocenters. The Hall–Kier alpha value is -2.49. The summed E-state index contributed by atoms with van der Waals surface area (Å²) < 4.78 is 15.8. The van der Waals surface area contributed by atoms with Gasteiger partial charge in [0.15, 0.2) is 6.17 Å². The fourth-order valence-corrected chi connectivity index (χ4v) is 2.85. The Bertz CT molecular complexity index is 752. The molecule has 7 nitrogen and oxygen atoms in total. The van der Waals surface area contributed by atoms with E-state index in [4.69, 9.17) is 5.73 Å². The van der Waals surface area contributed by atoms with Gasteiger partial charge in [0.05, 0.1) is 13.1 Å². The number of primary amides is 1. The molecule has 0 bridgehead atoms. The quantitative estimate of drug-likeness (QED) is 0.659. The lowest BCUT2D eigenvalue weighted by atomic mass is 10.2. The van der Waals surface area contributed by atoms with Gasteiger partial charge in [-0.25, -0.2) is 9.51 Å².